The van der Waals surface area contributed by atoms with Crippen LogP contribution < -0.4 is 4.90 Å². The van der Waals surface area contributed by atoms with Crippen LogP contribution in [0.4, 0.5) is 5.82 Å². The Morgan fingerprint density at radius 1 is 1.00 bits per heavy atom. The second kappa shape index (κ2) is 8.93. The maximum Gasteiger partial charge on any atom is 0.223 e. The normalized spacial score (nSPS) is 17.4. The Balaban J connectivity index is 1.41. The predicted molar refractivity (Wildman–Crippen MR) is 120 cm³/mol. The van der Waals surface area contributed by atoms with Crippen LogP contribution in [-0.4, -0.2) is 51.2 Å². The topological polar surface area (TPSA) is 71.2 Å². The number of rotatable bonds is 4. The fraction of sp³-hybridized carbons (Fsp3) is 0.478. The third-order valence-electron chi connectivity index (χ3n) is 6.07. The molecule has 0 unspecified atom stereocenters. The highest BCUT2D eigenvalue weighted by atomic mass is 35.5. The maximum absolute atomic E-state index is 6.24. The minimum Gasteiger partial charge on any atom is -0.355 e. The summed E-state index contributed by atoms with van der Waals surface area (Å²) in [7, 11) is 0. The first-order chi connectivity index (χ1) is 15.2. The smallest absolute Gasteiger partial charge is 0.223 e. The molecule has 7 nitrogen and oxygen atoms in total. The summed E-state index contributed by atoms with van der Waals surface area (Å²) in [4.78, 5) is 19.2. The number of aryl methyl sites for hydroxylation is 2. The van der Waals surface area contributed by atoms with E-state index < -0.39 is 0 Å². The van der Waals surface area contributed by atoms with Crippen molar-refractivity contribution in [1.82, 2.24) is 25.0 Å². The molecule has 1 aliphatic carbocycles. The van der Waals surface area contributed by atoms with Crippen LogP contribution in [0.1, 0.15) is 42.2 Å². The van der Waals surface area contributed by atoms with Crippen molar-refractivity contribution < 1.29 is 4.52 Å². The zero-order chi connectivity index (χ0) is 21.2. The van der Waals surface area contributed by atoms with Crippen molar-refractivity contribution in [1.29, 1.82) is 0 Å². The molecule has 2 aliphatic rings. The van der Waals surface area contributed by atoms with Gasteiger partial charge in [0, 0.05) is 54.9 Å². The number of aromatic nitrogens is 4. The van der Waals surface area contributed by atoms with Crippen molar-refractivity contribution in [2.75, 3.05) is 31.1 Å². The van der Waals surface area contributed by atoms with Gasteiger partial charge in [0.1, 0.15) is 5.82 Å². The molecule has 0 bridgehead atoms. The monoisotopic (exact) mass is 438 g/mol. The summed E-state index contributed by atoms with van der Waals surface area (Å²) in [6.07, 6.45) is 5.55. The largest absolute Gasteiger partial charge is 0.355 e. The second-order valence-corrected chi connectivity index (χ2v) is 8.80. The number of hydrogen-bond donors (Lipinski definition) is 0. The van der Waals surface area contributed by atoms with Crippen molar-refractivity contribution in [3.8, 4) is 11.4 Å². The molecule has 1 saturated heterocycles. The standard InChI is InChI=1S/C23H27ClN6O/c1-16-25-21(28-31-16)15-29-10-5-11-30(13-12-29)23-19-8-2-3-9-20(19)26-22(27-23)17-6-4-7-18(24)14-17/h4,6-7,14H,2-3,5,8-13,15H2,1H3. The molecule has 31 heavy (non-hydrogen) atoms. The van der Waals surface area contributed by atoms with E-state index in [1.807, 2.05) is 31.2 Å². The molecule has 162 valence electrons. The van der Waals surface area contributed by atoms with E-state index in [0.717, 1.165) is 75.0 Å². The molecule has 5 rings (SSSR count). The Kier molecular flexibility index (Phi) is 5.87. The lowest BCUT2D eigenvalue weighted by atomic mass is 9.95. The Hall–Kier alpha value is -2.51. The highest BCUT2D eigenvalue weighted by Crippen LogP contribution is 2.32. The van der Waals surface area contributed by atoms with Crippen LogP contribution in [0.2, 0.25) is 5.02 Å². The quantitative estimate of drug-likeness (QED) is 0.607. The number of halogens is 1. The SMILES string of the molecule is Cc1nc(CN2CCCN(c3nc(-c4cccc(Cl)c4)nc4c3CCCC4)CC2)no1. The molecular formula is C23H27ClN6O. The third kappa shape index (κ3) is 4.57. The van der Waals surface area contributed by atoms with E-state index in [9.17, 15) is 0 Å². The van der Waals surface area contributed by atoms with Gasteiger partial charge in [-0.05, 0) is 44.2 Å². The number of anilines is 1. The van der Waals surface area contributed by atoms with E-state index in [0.29, 0.717) is 10.9 Å². The Morgan fingerprint density at radius 2 is 1.90 bits per heavy atom. The first-order valence-electron chi connectivity index (χ1n) is 11.1. The van der Waals surface area contributed by atoms with Crippen LogP contribution >= 0.6 is 11.6 Å². The molecule has 0 radical (unpaired) electrons. The van der Waals surface area contributed by atoms with Crippen molar-refractivity contribution in [3.05, 3.63) is 52.3 Å². The highest BCUT2D eigenvalue weighted by molar-refractivity contribution is 6.30. The Bertz CT molecular complexity index is 1070. The molecular weight excluding hydrogens is 412 g/mol. The van der Waals surface area contributed by atoms with Gasteiger partial charge in [0.25, 0.3) is 0 Å². The van der Waals surface area contributed by atoms with Crippen LogP contribution in [0.15, 0.2) is 28.8 Å². The molecule has 1 aliphatic heterocycles. The van der Waals surface area contributed by atoms with Crippen LogP contribution in [0, 0.1) is 6.92 Å². The first kappa shape index (κ1) is 20.4. The average Bonchev–Trinajstić information content (AvgIpc) is 3.05. The lowest BCUT2D eigenvalue weighted by Crippen LogP contribution is -2.32. The van der Waals surface area contributed by atoms with Gasteiger partial charge < -0.3 is 9.42 Å². The molecule has 0 saturated carbocycles. The summed E-state index contributed by atoms with van der Waals surface area (Å²) in [5.74, 6) is 3.26. The fourth-order valence-corrected chi connectivity index (χ4v) is 4.73. The van der Waals surface area contributed by atoms with Gasteiger partial charge in [-0.3, -0.25) is 4.90 Å². The molecule has 1 aromatic carbocycles. The van der Waals surface area contributed by atoms with Crippen molar-refractivity contribution in [3.63, 3.8) is 0 Å². The summed E-state index contributed by atoms with van der Waals surface area (Å²) in [5, 5.41) is 4.77. The first-order valence-corrected chi connectivity index (χ1v) is 11.5. The minimum atomic E-state index is 0.618. The molecule has 3 aromatic rings. The third-order valence-corrected chi connectivity index (χ3v) is 6.30. The molecule has 0 amide bonds. The highest BCUT2D eigenvalue weighted by Gasteiger charge is 2.24. The van der Waals surface area contributed by atoms with Crippen LogP contribution in [0.25, 0.3) is 11.4 Å². The fourth-order valence-electron chi connectivity index (χ4n) is 4.54. The molecule has 0 N–H and O–H groups in total. The zero-order valence-electron chi connectivity index (χ0n) is 17.8. The number of hydrogen-bond acceptors (Lipinski definition) is 7. The Labute approximate surface area is 187 Å². The van der Waals surface area contributed by atoms with Crippen LogP contribution in [0.5, 0.6) is 0 Å². The van der Waals surface area contributed by atoms with E-state index in [1.165, 1.54) is 24.1 Å². The number of nitrogens with zero attached hydrogens (tertiary/aromatic N) is 6. The molecule has 1 fully saturated rings. The maximum atomic E-state index is 6.24. The molecule has 3 heterocycles. The molecule has 8 heteroatoms. The van der Waals surface area contributed by atoms with Gasteiger partial charge in [-0.2, -0.15) is 4.98 Å². The van der Waals surface area contributed by atoms with Crippen LogP contribution in [-0.2, 0) is 19.4 Å². The molecule has 0 atom stereocenters. The zero-order valence-corrected chi connectivity index (χ0v) is 18.6. The van der Waals surface area contributed by atoms with E-state index >= 15 is 0 Å². The summed E-state index contributed by atoms with van der Waals surface area (Å²) in [6.45, 7) is 6.42. The summed E-state index contributed by atoms with van der Waals surface area (Å²) in [6, 6.07) is 7.84. The molecule has 2 aromatic heterocycles. The average molecular weight is 439 g/mol. The lowest BCUT2D eigenvalue weighted by molar-refractivity contribution is 0.272. The number of fused-ring (bicyclic) bond motifs is 1. The lowest BCUT2D eigenvalue weighted by Gasteiger charge is -2.28. The van der Waals surface area contributed by atoms with Crippen LogP contribution in [0.3, 0.4) is 0 Å². The van der Waals surface area contributed by atoms with E-state index in [1.54, 1.807) is 0 Å². The van der Waals surface area contributed by atoms with E-state index in [-0.39, 0.29) is 0 Å². The van der Waals surface area contributed by atoms with Gasteiger partial charge in [-0.25, -0.2) is 9.97 Å². The van der Waals surface area contributed by atoms with Gasteiger partial charge in [-0.15, -0.1) is 0 Å². The van der Waals surface area contributed by atoms with Gasteiger partial charge >= 0.3 is 0 Å². The second-order valence-electron chi connectivity index (χ2n) is 8.36. The summed E-state index contributed by atoms with van der Waals surface area (Å²) >= 11 is 6.24. The van der Waals surface area contributed by atoms with Gasteiger partial charge in [0.2, 0.25) is 5.89 Å². The van der Waals surface area contributed by atoms with Crippen molar-refractivity contribution in [2.24, 2.45) is 0 Å². The van der Waals surface area contributed by atoms with E-state index in [2.05, 4.69) is 19.9 Å². The van der Waals surface area contributed by atoms with Gasteiger partial charge in [0.05, 0.1) is 6.54 Å². The predicted octanol–water partition coefficient (Wildman–Crippen LogP) is 4.08. The summed E-state index contributed by atoms with van der Waals surface area (Å²) in [5.41, 5.74) is 3.51. The Morgan fingerprint density at radius 3 is 2.74 bits per heavy atom. The van der Waals surface area contributed by atoms with Gasteiger partial charge in [0.15, 0.2) is 11.6 Å². The van der Waals surface area contributed by atoms with Crippen molar-refractivity contribution >= 4 is 17.4 Å². The minimum absolute atomic E-state index is 0.618. The van der Waals surface area contributed by atoms with Gasteiger partial charge in [-0.1, -0.05) is 28.9 Å². The van der Waals surface area contributed by atoms with E-state index in [4.69, 9.17) is 26.1 Å². The van der Waals surface area contributed by atoms with Crippen molar-refractivity contribution in [2.45, 2.75) is 45.6 Å². The molecule has 0 spiro atoms. The summed E-state index contributed by atoms with van der Waals surface area (Å²) < 4.78 is 5.13. The number of benzene rings is 1.